The number of rotatable bonds is 4. The Morgan fingerprint density at radius 2 is 2.11 bits per heavy atom. The normalized spacial score (nSPS) is 17.3. The first-order chi connectivity index (χ1) is 4.12. The molecule has 1 unspecified atom stereocenters. The SMILES string of the molecule is CCCC(C)(N)CNC. The average Bonchev–Trinajstić information content (AvgIpc) is 1.64. The largest absolute Gasteiger partial charge is 0.324 e. The zero-order chi connectivity index (χ0) is 7.33. The Labute approximate surface area is 57.8 Å². The summed E-state index contributed by atoms with van der Waals surface area (Å²) in [6.07, 6.45) is 2.25. The van der Waals surface area contributed by atoms with Crippen LogP contribution >= 0.6 is 0 Å². The lowest BCUT2D eigenvalue weighted by Crippen LogP contribution is -2.44. The molecule has 0 heterocycles. The van der Waals surface area contributed by atoms with E-state index in [1.165, 1.54) is 0 Å². The molecule has 0 aliphatic rings. The fraction of sp³-hybridized carbons (Fsp3) is 1.00. The Hall–Kier alpha value is -0.0800. The Bertz CT molecular complexity index is 61.3. The van der Waals surface area contributed by atoms with Crippen LogP contribution in [0.15, 0.2) is 0 Å². The van der Waals surface area contributed by atoms with E-state index in [0.29, 0.717) is 0 Å². The Morgan fingerprint density at radius 3 is 2.44 bits per heavy atom. The van der Waals surface area contributed by atoms with E-state index in [1.807, 2.05) is 7.05 Å². The predicted octanol–water partition coefficient (Wildman–Crippen LogP) is 0.723. The van der Waals surface area contributed by atoms with Gasteiger partial charge in [-0.1, -0.05) is 13.3 Å². The maximum Gasteiger partial charge on any atom is 0.0251 e. The number of hydrogen-bond acceptors (Lipinski definition) is 2. The van der Waals surface area contributed by atoms with Gasteiger partial charge in [0.05, 0.1) is 0 Å². The van der Waals surface area contributed by atoms with Crippen LogP contribution in [-0.4, -0.2) is 19.1 Å². The molecule has 3 N–H and O–H groups in total. The van der Waals surface area contributed by atoms with Gasteiger partial charge in [0, 0.05) is 12.1 Å². The van der Waals surface area contributed by atoms with Crippen molar-refractivity contribution in [3.63, 3.8) is 0 Å². The molecule has 0 aromatic carbocycles. The lowest BCUT2D eigenvalue weighted by atomic mass is 9.98. The maximum atomic E-state index is 5.88. The van der Waals surface area contributed by atoms with Crippen molar-refractivity contribution in [3.8, 4) is 0 Å². The summed E-state index contributed by atoms with van der Waals surface area (Å²) < 4.78 is 0. The molecule has 0 aromatic rings. The van der Waals surface area contributed by atoms with Crippen LogP contribution in [-0.2, 0) is 0 Å². The van der Waals surface area contributed by atoms with Crippen LogP contribution in [0.3, 0.4) is 0 Å². The first-order valence-electron chi connectivity index (χ1n) is 3.56. The van der Waals surface area contributed by atoms with Crippen molar-refractivity contribution in [2.45, 2.75) is 32.2 Å². The average molecular weight is 130 g/mol. The van der Waals surface area contributed by atoms with Crippen molar-refractivity contribution < 1.29 is 0 Å². The second kappa shape index (κ2) is 3.85. The molecule has 0 spiro atoms. The van der Waals surface area contributed by atoms with Crippen LogP contribution in [0.4, 0.5) is 0 Å². The van der Waals surface area contributed by atoms with Crippen LogP contribution in [0.2, 0.25) is 0 Å². The first-order valence-corrected chi connectivity index (χ1v) is 3.56. The van der Waals surface area contributed by atoms with E-state index in [4.69, 9.17) is 5.73 Å². The topological polar surface area (TPSA) is 38.0 Å². The summed E-state index contributed by atoms with van der Waals surface area (Å²) in [5.41, 5.74) is 5.86. The second-order valence-electron chi connectivity index (χ2n) is 2.93. The number of hydrogen-bond donors (Lipinski definition) is 2. The number of nitrogens with two attached hydrogens (primary N) is 1. The van der Waals surface area contributed by atoms with Crippen LogP contribution in [0.5, 0.6) is 0 Å². The van der Waals surface area contributed by atoms with Gasteiger partial charge in [-0.15, -0.1) is 0 Å². The van der Waals surface area contributed by atoms with E-state index in [9.17, 15) is 0 Å². The molecule has 9 heavy (non-hydrogen) atoms. The smallest absolute Gasteiger partial charge is 0.0251 e. The van der Waals surface area contributed by atoms with E-state index in [-0.39, 0.29) is 5.54 Å². The van der Waals surface area contributed by atoms with Gasteiger partial charge >= 0.3 is 0 Å². The third-order valence-corrected chi connectivity index (χ3v) is 1.40. The summed E-state index contributed by atoms with van der Waals surface area (Å²) in [5, 5.41) is 3.07. The number of nitrogens with one attached hydrogen (secondary N) is 1. The van der Waals surface area contributed by atoms with Gasteiger partial charge in [-0.25, -0.2) is 0 Å². The molecular formula is C7H18N2. The fourth-order valence-corrected chi connectivity index (χ4v) is 1.06. The van der Waals surface area contributed by atoms with E-state index in [1.54, 1.807) is 0 Å². The highest BCUT2D eigenvalue weighted by atomic mass is 14.9. The maximum absolute atomic E-state index is 5.88. The first kappa shape index (κ1) is 8.92. The van der Waals surface area contributed by atoms with Gasteiger partial charge in [-0.3, -0.25) is 0 Å². The van der Waals surface area contributed by atoms with E-state index >= 15 is 0 Å². The molecule has 0 amide bonds. The molecule has 0 saturated carbocycles. The molecule has 0 bridgehead atoms. The summed E-state index contributed by atoms with van der Waals surface area (Å²) in [7, 11) is 1.93. The third-order valence-electron chi connectivity index (χ3n) is 1.40. The fourth-order valence-electron chi connectivity index (χ4n) is 1.06. The minimum atomic E-state index is -0.0104. The van der Waals surface area contributed by atoms with Gasteiger partial charge in [-0.05, 0) is 20.4 Å². The van der Waals surface area contributed by atoms with Gasteiger partial charge in [-0.2, -0.15) is 0 Å². The lowest BCUT2D eigenvalue weighted by molar-refractivity contribution is 0.411. The highest BCUT2D eigenvalue weighted by molar-refractivity contribution is 4.79. The van der Waals surface area contributed by atoms with E-state index in [0.717, 1.165) is 19.4 Å². The zero-order valence-corrected chi connectivity index (χ0v) is 6.70. The quantitative estimate of drug-likeness (QED) is 0.588. The molecular weight excluding hydrogens is 112 g/mol. The molecule has 2 heteroatoms. The highest BCUT2D eigenvalue weighted by Crippen LogP contribution is 2.05. The van der Waals surface area contributed by atoms with Crippen LogP contribution in [0.25, 0.3) is 0 Å². The van der Waals surface area contributed by atoms with Crippen molar-refractivity contribution >= 4 is 0 Å². The minimum absolute atomic E-state index is 0.0104. The van der Waals surface area contributed by atoms with Crippen molar-refractivity contribution in [2.24, 2.45) is 5.73 Å². The Balaban J connectivity index is 3.43. The predicted molar refractivity (Wildman–Crippen MR) is 41.4 cm³/mol. The molecule has 56 valence electrons. The monoisotopic (exact) mass is 130 g/mol. The van der Waals surface area contributed by atoms with E-state index < -0.39 is 0 Å². The molecule has 0 radical (unpaired) electrons. The molecule has 2 nitrogen and oxygen atoms in total. The lowest BCUT2D eigenvalue weighted by Gasteiger charge is -2.22. The molecule has 0 rings (SSSR count). The van der Waals surface area contributed by atoms with Crippen LogP contribution in [0, 0.1) is 0 Å². The summed E-state index contributed by atoms with van der Waals surface area (Å²) in [5.74, 6) is 0. The summed E-state index contributed by atoms with van der Waals surface area (Å²) in [6, 6.07) is 0. The highest BCUT2D eigenvalue weighted by Gasteiger charge is 2.14. The Kier molecular flexibility index (Phi) is 3.82. The summed E-state index contributed by atoms with van der Waals surface area (Å²) in [6.45, 7) is 5.13. The van der Waals surface area contributed by atoms with Crippen molar-refractivity contribution in [3.05, 3.63) is 0 Å². The van der Waals surface area contributed by atoms with Crippen molar-refractivity contribution in [1.82, 2.24) is 5.32 Å². The van der Waals surface area contributed by atoms with Crippen molar-refractivity contribution in [2.75, 3.05) is 13.6 Å². The van der Waals surface area contributed by atoms with Crippen LogP contribution < -0.4 is 11.1 Å². The molecule has 0 saturated heterocycles. The molecule has 0 fully saturated rings. The van der Waals surface area contributed by atoms with Crippen molar-refractivity contribution in [1.29, 1.82) is 0 Å². The molecule has 0 aliphatic carbocycles. The summed E-state index contributed by atoms with van der Waals surface area (Å²) >= 11 is 0. The second-order valence-corrected chi connectivity index (χ2v) is 2.93. The van der Waals surface area contributed by atoms with E-state index in [2.05, 4.69) is 19.2 Å². The van der Waals surface area contributed by atoms with Gasteiger partial charge in [0.1, 0.15) is 0 Å². The minimum Gasteiger partial charge on any atom is -0.324 e. The number of likely N-dealkylation sites (N-methyl/N-ethyl adjacent to an activating group) is 1. The molecule has 1 atom stereocenters. The van der Waals surface area contributed by atoms with Gasteiger partial charge in [0.25, 0.3) is 0 Å². The molecule has 0 aliphatic heterocycles. The van der Waals surface area contributed by atoms with Gasteiger partial charge in [0.15, 0.2) is 0 Å². The Morgan fingerprint density at radius 1 is 1.56 bits per heavy atom. The van der Waals surface area contributed by atoms with Crippen LogP contribution in [0.1, 0.15) is 26.7 Å². The van der Waals surface area contributed by atoms with Gasteiger partial charge in [0.2, 0.25) is 0 Å². The van der Waals surface area contributed by atoms with Gasteiger partial charge < -0.3 is 11.1 Å². The third kappa shape index (κ3) is 4.43. The standard InChI is InChI=1S/C7H18N2/c1-4-5-7(2,8)6-9-3/h9H,4-6,8H2,1-3H3. The molecule has 0 aromatic heterocycles. The zero-order valence-electron chi connectivity index (χ0n) is 6.70. The summed E-state index contributed by atoms with van der Waals surface area (Å²) in [4.78, 5) is 0.